The predicted octanol–water partition coefficient (Wildman–Crippen LogP) is 5.06. The van der Waals surface area contributed by atoms with Gasteiger partial charge >= 0.3 is 12.1 Å². The molecule has 35 heavy (non-hydrogen) atoms. The lowest BCUT2D eigenvalue weighted by atomic mass is 9.88. The highest BCUT2D eigenvalue weighted by Gasteiger charge is 2.36. The van der Waals surface area contributed by atoms with Crippen LogP contribution in [-0.2, 0) is 27.4 Å². The van der Waals surface area contributed by atoms with Crippen molar-refractivity contribution in [3.8, 4) is 5.75 Å². The van der Waals surface area contributed by atoms with E-state index in [0.717, 1.165) is 16.0 Å². The first-order chi connectivity index (χ1) is 16.7. The maximum atomic E-state index is 14.6. The molecule has 3 aromatic rings. The number of aliphatic carboxylic acids is 1. The molecule has 12 heteroatoms. The van der Waals surface area contributed by atoms with Gasteiger partial charge in [0.05, 0.1) is 9.88 Å². The summed E-state index contributed by atoms with van der Waals surface area (Å²) in [5, 5.41) is 11.4. The fourth-order valence-electron chi connectivity index (χ4n) is 3.77. The number of halogens is 3. The Morgan fingerprint density at radius 3 is 2.77 bits per heavy atom. The topological polar surface area (TPSA) is 98.2 Å². The number of fused-ring (bicyclic) bond motifs is 1. The molecule has 1 N–H and O–H groups in total. The van der Waals surface area contributed by atoms with E-state index in [1.165, 1.54) is 40.7 Å². The largest absolute Gasteiger partial charge is 0.528 e. The van der Waals surface area contributed by atoms with Crippen molar-refractivity contribution >= 4 is 35.1 Å². The van der Waals surface area contributed by atoms with Gasteiger partial charge in [-0.2, -0.15) is 0 Å². The number of aromatic nitrogens is 1. The van der Waals surface area contributed by atoms with Gasteiger partial charge in [-0.1, -0.05) is 17.7 Å². The standard InChI is InChI=1S/C23H19ClF2N2O6S/c1-12-27-9-14(35-12)10-33-23(31)34-28-7-6-15-16(3-4-18(25)21(15)26)22(28)17-8-13(24)2-5-19(17)32-11-20(29)30/h2-5,8-9,22H,6-7,10-11H2,1H3,(H,29,30)/t22-/m0/s1. The number of carbonyl (C=O) groups is 2. The highest BCUT2D eigenvalue weighted by molar-refractivity contribution is 7.11. The number of carboxylic acids is 1. The highest BCUT2D eigenvalue weighted by Crippen LogP contribution is 2.41. The molecule has 1 atom stereocenters. The van der Waals surface area contributed by atoms with Crippen molar-refractivity contribution in [1.82, 2.24) is 10.0 Å². The number of hydrogen-bond donors (Lipinski definition) is 1. The van der Waals surface area contributed by atoms with Gasteiger partial charge in [0.25, 0.3) is 0 Å². The normalized spacial score (nSPS) is 15.4. The van der Waals surface area contributed by atoms with E-state index < -0.39 is 36.4 Å². The van der Waals surface area contributed by atoms with Crippen LogP contribution in [0.4, 0.5) is 13.6 Å². The van der Waals surface area contributed by atoms with Crippen molar-refractivity contribution in [3.05, 3.63) is 79.8 Å². The van der Waals surface area contributed by atoms with Crippen molar-refractivity contribution in [2.24, 2.45) is 0 Å². The zero-order valence-corrected chi connectivity index (χ0v) is 19.9. The Labute approximate surface area is 207 Å². The number of thiazole rings is 1. The van der Waals surface area contributed by atoms with E-state index in [-0.39, 0.29) is 35.9 Å². The lowest BCUT2D eigenvalue weighted by Crippen LogP contribution is -2.38. The minimum atomic E-state index is -1.21. The van der Waals surface area contributed by atoms with Crippen molar-refractivity contribution in [2.45, 2.75) is 26.0 Å². The molecule has 0 amide bonds. The summed E-state index contributed by atoms with van der Waals surface area (Å²) < 4.78 is 39.2. The van der Waals surface area contributed by atoms with Crippen LogP contribution in [0.2, 0.25) is 5.02 Å². The van der Waals surface area contributed by atoms with E-state index in [0.29, 0.717) is 11.1 Å². The minimum Gasteiger partial charge on any atom is -0.482 e. The van der Waals surface area contributed by atoms with Crippen LogP contribution < -0.4 is 4.74 Å². The smallest absolute Gasteiger partial charge is 0.482 e. The molecule has 0 saturated carbocycles. The summed E-state index contributed by atoms with van der Waals surface area (Å²) in [4.78, 5) is 33.8. The number of carboxylic acid groups (broad SMARTS) is 1. The summed E-state index contributed by atoms with van der Waals surface area (Å²) in [5.41, 5.74) is 0.715. The van der Waals surface area contributed by atoms with Gasteiger partial charge in [-0.25, -0.2) is 23.4 Å². The molecule has 0 spiro atoms. The van der Waals surface area contributed by atoms with Crippen LogP contribution in [0.1, 0.15) is 32.6 Å². The third-order valence-electron chi connectivity index (χ3n) is 5.21. The second-order valence-electron chi connectivity index (χ2n) is 7.56. The Morgan fingerprint density at radius 1 is 1.26 bits per heavy atom. The van der Waals surface area contributed by atoms with Gasteiger partial charge in [0.1, 0.15) is 18.4 Å². The average Bonchev–Trinajstić information content (AvgIpc) is 3.24. The first-order valence-electron chi connectivity index (χ1n) is 10.4. The number of hydrogen-bond acceptors (Lipinski definition) is 8. The molecule has 0 aliphatic carbocycles. The lowest BCUT2D eigenvalue weighted by Gasteiger charge is -2.36. The van der Waals surface area contributed by atoms with Crippen LogP contribution in [0.5, 0.6) is 5.75 Å². The number of rotatable bonds is 7. The van der Waals surface area contributed by atoms with Crippen LogP contribution in [-0.4, -0.2) is 40.4 Å². The molecule has 1 aromatic heterocycles. The molecule has 0 saturated heterocycles. The molecule has 4 rings (SSSR count). The molecule has 184 valence electrons. The van der Waals surface area contributed by atoms with E-state index in [1.807, 2.05) is 6.92 Å². The molecule has 0 fully saturated rings. The fraction of sp³-hybridized carbons (Fsp3) is 0.261. The number of hydroxylamine groups is 2. The number of nitrogens with zero attached hydrogens (tertiary/aromatic N) is 2. The van der Waals surface area contributed by atoms with Gasteiger partial charge in [0.15, 0.2) is 18.2 Å². The van der Waals surface area contributed by atoms with Crippen molar-refractivity contribution in [1.29, 1.82) is 0 Å². The maximum absolute atomic E-state index is 14.6. The molecule has 0 unspecified atom stereocenters. The number of ether oxygens (including phenoxy) is 2. The van der Waals surface area contributed by atoms with Gasteiger partial charge < -0.3 is 19.4 Å². The zero-order chi connectivity index (χ0) is 25.1. The summed E-state index contributed by atoms with van der Waals surface area (Å²) >= 11 is 7.56. The van der Waals surface area contributed by atoms with E-state index in [1.54, 1.807) is 6.20 Å². The summed E-state index contributed by atoms with van der Waals surface area (Å²) in [6, 6.07) is 5.81. The summed E-state index contributed by atoms with van der Waals surface area (Å²) in [6.07, 6.45) is 0.618. The molecular formula is C23H19ClF2N2O6S. The Hall–Kier alpha value is -3.28. The molecule has 1 aliphatic rings. The Morgan fingerprint density at radius 2 is 2.06 bits per heavy atom. The van der Waals surface area contributed by atoms with E-state index in [9.17, 15) is 18.4 Å². The highest BCUT2D eigenvalue weighted by atomic mass is 35.5. The maximum Gasteiger partial charge on any atom is 0.528 e. The van der Waals surface area contributed by atoms with Crippen LogP contribution >= 0.6 is 22.9 Å². The molecule has 1 aliphatic heterocycles. The Bertz CT molecular complexity index is 1270. The second kappa shape index (κ2) is 10.5. The van der Waals surface area contributed by atoms with E-state index in [4.69, 9.17) is 31.0 Å². The van der Waals surface area contributed by atoms with E-state index in [2.05, 4.69) is 4.98 Å². The van der Waals surface area contributed by atoms with Gasteiger partial charge in [-0.15, -0.1) is 16.4 Å². The van der Waals surface area contributed by atoms with Crippen molar-refractivity contribution < 1.29 is 37.8 Å². The molecule has 2 aromatic carbocycles. The molecule has 8 nitrogen and oxygen atoms in total. The third kappa shape index (κ3) is 5.69. The zero-order valence-electron chi connectivity index (χ0n) is 18.3. The van der Waals surface area contributed by atoms with Crippen LogP contribution in [0.25, 0.3) is 0 Å². The van der Waals surface area contributed by atoms with Crippen LogP contribution in [0.15, 0.2) is 36.5 Å². The van der Waals surface area contributed by atoms with E-state index >= 15 is 0 Å². The molecule has 0 bridgehead atoms. The summed E-state index contributed by atoms with van der Waals surface area (Å²) in [6.45, 7) is 1.11. The van der Waals surface area contributed by atoms with Gasteiger partial charge in [0.2, 0.25) is 0 Å². The molecule has 2 heterocycles. The minimum absolute atomic E-state index is 0.00229. The van der Waals surface area contributed by atoms with Gasteiger partial charge in [-0.3, -0.25) is 0 Å². The molecular weight excluding hydrogens is 506 g/mol. The first kappa shape index (κ1) is 24.8. The lowest BCUT2D eigenvalue weighted by molar-refractivity contribution is -0.152. The SMILES string of the molecule is Cc1ncc(COC(=O)ON2CCc3c(ccc(F)c3F)[C@H]2c2cc(Cl)ccc2OCC(=O)O)s1. The summed E-state index contributed by atoms with van der Waals surface area (Å²) in [5.74, 6) is -3.10. The summed E-state index contributed by atoms with van der Waals surface area (Å²) in [7, 11) is 0. The monoisotopic (exact) mass is 524 g/mol. The first-order valence-corrected chi connectivity index (χ1v) is 11.6. The second-order valence-corrected chi connectivity index (χ2v) is 9.32. The van der Waals surface area contributed by atoms with Gasteiger partial charge in [0, 0.05) is 23.3 Å². The third-order valence-corrected chi connectivity index (χ3v) is 6.33. The van der Waals surface area contributed by atoms with Crippen LogP contribution in [0, 0.1) is 18.6 Å². The predicted molar refractivity (Wildman–Crippen MR) is 121 cm³/mol. The number of carbonyl (C=O) groups excluding carboxylic acids is 1. The van der Waals surface area contributed by atoms with Crippen LogP contribution in [0.3, 0.4) is 0 Å². The number of aryl methyl sites for hydroxylation is 1. The van der Waals surface area contributed by atoms with Crippen molar-refractivity contribution in [3.63, 3.8) is 0 Å². The van der Waals surface area contributed by atoms with Gasteiger partial charge in [-0.05, 0) is 48.7 Å². The van der Waals surface area contributed by atoms with Crippen molar-refractivity contribution in [2.75, 3.05) is 13.2 Å². The fourth-order valence-corrected chi connectivity index (χ4v) is 4.66. The Kier molecular flexibility index (Phi) is 7.48. The molecule has 0 radical (unpaired) electrons. The quantitative estimate of drug-likeness (QED) is 0.428. The Balaban J connectivity index is 1.67. The average molecular weight is 525 g/mol. The number of benzene rings is 2.